The summed E-state index contributed by atoms with van der Waals surface area (Å²) >= 11 is 0. The number of benzene rings is 1. The lowest BCUT2D eigenvalue weighted by atomic mass is 10.1. The van der Waals surface area contributed by atoms with Crippen LogP contribution in [0.1, 0.15) is 16.8 Å². The van der Waals surface area contributed by atoms with Gasteiger partial charge in [-0.15, -0.1) is 5.10 Å². The molecule has 2 heterocycles. The number of nitrogens with zero attached hydrogens (tertiary/aromatic N) is 2. The number of nitrogens with two attached hydrogens (primary N) is 1. The van der Waals surface area contributed by atoms with Crippen molar-refractivity contribution in [3.63, 3.8) is 0 Å². The van der Waals surface area contributed by atoms with Crippen LogP contribution < -0.4 is 5.73 Å². The van der Waals surface area contributed by atoms with E-state index >= 15 is 0 Å². The van der Waals surface area contributed by atoms with E-state index in [-0.39, 0.29) is 5.82 Å². The van der Waals surface area contributed by atoms with Crippen LogP contribution in [0.2, 0.25) is 0 Å². The van der Waals surface area contributed by atoms with Crippen molar-refractivity contribution in [3.05, 3.63) is 40.8 Å². The number of aryl methyl sites for hydroxylation is 1. The zero-order valence-electron chi connectivity index (χ0n) is 10.1. The largest absolute Gasteiger partial charge is 0.382 e. The smallest absolute Gasteiger partial charge is 0.151 e. The van der Waals surface area contributed by atoms with Gasteiger partial charge in [0.25, 0.3) is 0 Å². The van der Waals surface area contributed by atoms with Crippen molar-refractivity contribution >= 4 is 5.82 Å². The molecule has 3 rings (SSSR count). The van der Waals surface area contributed by atoms with Gasteiger partial charge in [0.2, 0.25) is 0 Å². The molecule has 0 saturated carbocycles. The molecule has 1 aliphatic rings. The molecular formula is C13H14FN3O. The lowest BCUT2D eigenvalue weighted by Crippen LogP contribution is -2.13. The van der Waals surface area contributed by atoms with E-state index < -0.39 is 0 Å². The van der Waals surface area contributed by atoms with E-state index in [0.717, 1.165) is 16.8 Å². The summed E-state index contributed by atoms with van der Waals surface area (Å²) in [6.45, 7) is 2.99. The van der Waals surface area contributed by atoms with Crippen molar-refractivity contribution in [2.45, 2.75) is 20.0 Å². The predicted molar refractivity (Wildman–Crippen MR) is 66.0 cm³/mol. The molecule has 1 aliphatic heterocycles. The van der Waals surface area contributed by atoms with Gasteiger partial charge in [-0.1, -0.05) is 6.07 Å². The van der Waals surface area contributed by atoms with Crippen molar-refractivity contribution in [3.8, 4) is 5.69 Å². The monoisotopic (exact) mass is 247 g/mol. The average Bonchev–Trinajstić information content (AvgIpc) is 2.71. The van der Waals surface area contributed by atoms with Gasteiger partial charge in [0.05, 0.1) is 18.9 Å². The van der Waals surface area contributed by atoms with Crippen molar-refractivity contribution in [1.82, 2.24) is 9.78 Å². The molecule has 5 heteroatoms. The Labute approximate surface area is 104 Å². The first-order chi connectivity index (χ1) is 8.66. The third-order valence-corrected chi connectivity index (χ3v) is 3.18. The Bertz CT molecular complexity index is 607. The molecule has 4 nitrogen and oxygen atoms in total. The fourth-order valence-electron chi connectivity index (χ4n) is 2.25. The Morgan fingerprint density at radius 2 is 2.28 bits per heavy atom. The van der Waals surface area contributed by atoms with Crippen LogP contribution in [0.5, 0.6) is 0 Å². The summed E-state index contributed by atoms with van der Waals surface area (Å²) in [5.74, 6) is 0.128. The molecule has 0 aliphatic carbocycles. The third kappa shape index (κ3) is 1.67. The average molecular weight is 247 g/mol. The molecule has 18 heavy (non-hydrogen) atoms. The van der Waals surface area contributed by atoms with Crippen LogP contribution in [0.4, 0.5) is 10.2 Å². The molecule has 0 fully saturated rings. The highest BCUT2D eigenvalue weighted by Gasteiger charge is 2.21. The van der Waals surface area contributed by atoms with Crippen LogP contribution in [0.25, 0.3) is 5.69 Å². The van der Waals surface area contributed by atoms with Gasteiger partial charge in [-0.2, -0.15) is 0 Å². The Kier molecular flexibility index (Phi) is 2.56. The molecule has 0 spiro atoms. The molecule has 0 unspecified atom stereocenters. The first-order valence-corrected chi connectivity index (χ1v) is 5.87. The Morgan fingerprint density at radius 1 is 1.44 bits per heavy atom. The SMILES string of the molecule is Cc1ccc(F)c(-n2nc(N)c3c2CCOC3)c1. The Balaban J connectivity index is 2.20. The van der Waals surface area contributed by atoms with Crippen molar-refractivity contribution in [1.29, 1.82) is 0 Å². The maximum atomic E-state index is 13.9. The minimum Gasteiger partial charge on any atom is -0.382 e. The summed E-state index contributed by atoms with van der Waals surface area (Å²) in [4.78, 5) is 0. The van der Waals surface area contributed by atoms with E-state index in [9.17, 15) is 4.39 Å². The summed E-state index contributed by atoms with van der Waals surface area (Å²) in [5, 5.41) is 4.24. The first kappa shape index (κ1) is 11.2. The van der Waals surface area contributed by atoms with E-state index in [2.05, 4.69) is 5.10 Å². The number of anilines is 1. The predicted octanol–water partition coefficient (Wildman–Crippen LogP) is 1.97. The van der Waals surface area contributed by atoms with Crippen LogP contribution >= 0.6 is 0 Å². The van der Waals surface area contributed by atoms with E-state index in [0.29, 0.717) is 31.1 Å². The lowest BCUT2D eigenvalue weighted by molar-refractivity contribution is 0.110. The number of halogens is 1. The number of aromatic nitrogens is 2. The normalized spacial score (nSPS) is 14.6. The Morgan fingerprint density at radius 3 is 3.11 bits per heavy atom. The van der Waals surface area contributed by atoms with Gasteiger partial charge in [0, 0.05) is 12.0 Å². The highest BCUT2D eigenvalue weighted by molar-refractivity contribution is 5.48. The molecule has 0 bridgehead atoms. The molecule has 2 aromatic rings. The fourth-order valence-corrected chi connectivity index (χ4v) is 2.25. The fraction of sp³-hybridized carbons (Fsp3) is 0.308. The number of fused-ring (bicyclic) bond motifs is 1. The minimum absolute atomic E-state index is 0.294. The van der Waals surface area contributed by atoms with Gasteiger partial charge in [0.1, 0.15) is 11.5 Å². The maximum absolute atomic E-state index is 13.9. The van der Waals surface area contributed by atoms with E-state index in [1.807, 2.05) is 6.92 Å². The van der Waals surface area contributed by atoms with E-state index in [1.165, 1.54) is 6.07 Å². The molecule has 1 aromatic heterocycles. The molecule has 2 N–H and O–H groups in total. The second-order valence-electron chi connectivity index (χ2n) is 4.48. The number of hydrogen-bond donors (Lipinski definition) is 1. The molecular weight excluding hydrogens is 233 g/mol. The number of ether oxygens (including phenoxy) is 1. The Hall–Kier alpha value is -1.88. The van der Waals surface area contributed by atoms with Gasteiger partial charge in [-0.25, -0.2) is 9.07 Å². The third-order valence-electron chi connectivity index (χ3n) is 3.18. The molecule has 0 saturated heterocycles. The van der Waals surface area contributed by atoms with Crippen LogP contribution in [0.15, 0.2) is 18.2 Å². The lowest BCUT2D eigenvalue weighted by Gasteiger charge is -2.15. The van der Waals surface area contributed by atoms with Crippen molar-refractivity contribution < 1.29 is 9.13 Å². The summed E-state index contributed by atoms with van der Waals surface area (Å²) in [7, 11) is 0. The van der Waals surface area contributed by atoms with Gasteiger partial charge in [-0.3, -0.25) is 0 Å². The highest BCUT2D eigenvalue weighted by Crippen LogP contribution is 2.26. The molecule has 0 atom stereocenters. The van der Waals surface area contributed by atoms with E-state index in [4.69, 9.17) is 10.5 Å². The summed E-state index contributed by atoms with van der Waals surface area (Å²) in [6, 6.07) is 4.97. The standard InChI is InChI=1S/C13H14FN3O/c1-8-2-3-10(14)12(6-8)17-11-4-5-18-7-9(11)13(15)16-17/h2-3,6H,4-5,7H2,1H3,(H2,15,16). The topological polar surface area (TPSA) is 53.1 Å². The van der Waals surface area contributed by atoms with Gasteiger partial charge < -0.3 is 10.5 Å². The summed E-state index contributed by atoms with van der Waals surface area (Å²) < 4.78 is 20.9. The molecule has 0 amide bonds. The molecule has 94 valence electrons. The van der Waals surface area contributed by atoms with Crippen LogP contribution in [-0.4, -0.2) is 16.4 Å². The minimum atomic E-state index is -0.294. The van der Waals surface area contributed by atoms with Crippen LogP contribution in [0, 0.1) is 12.7 Å². The second kappa shape index (κ2) is 4.10. The van der Waals surface area contributed by atoms with Crippen LogP contribution in [-0.2, 0) is 17.8 Å². The molecule has 0 radical (unpaired) electrons. The second-order valence-corrected chi connectivity index (χ2v) is 4.48. The zero-order chi connectivity index (χ0) is 12.7. The van der Waals surface area contributed by atoms with E-state index in [1.54, 1.807) is 16.8 Å². The summed E-state index contributed by atoms with van der Waals surface area (Å²) in [6.07, 6.45) is 0.701. The van der Waals surface area contributed by atoms with Gasteiger partial charge >= 0.3 is 0 Å². The van der Waals surface area contributed by atoms with Gasteiger partial charge in [0.15, 0.2) is 5.82 Å². The maximum Gasteiger partial charge on any atom is 0.151 e. The highest BCUT2D eigenvalue weighted by atomic mass is 19.1. The first-order valence-electron chi connectivity index (χ1n) is 5.87. The molecule has 1 aromatic carbocycles. The number of hydrogen-bond acceptors (Lipinski definition) is 3. The number of rotatable bonds is 1. The summed E-state index contributed by atoms with van der Waals surface area (Å²) in [5.41, 5.74) is 9.11. The van der Waals surface area contributed by atoms with Crippen LogP contribution in [0.3, 0.4) is 0 Å². The number of nitrogen functional groups attached to an aromatic ring is 1. The zero-order valence-corrected chi connectivity index (χ0v) is 10.1. The quantitative estimate of drug-likeness (QED) is 0.838. The van der Waals surface area contributed by atoms with Crippen molar-refractivity contribution in [2.24, 2.45) is 0 Å². The van der Waals surface area contributed by atoms with Gasteiger partial charge in [-0.05, 0) is 24.6 Å². The van der Waals surface area contributed by atoms with Crippen molar-refractivity contribution in [2.75, 3.05) is 12.3 Å².